The van der Waals surface area contributed by atoms with Crippen molar-refractivity contribution in [3.8, 4) is 0 Å². The molecule has 0 bridgehead atoms. The molecule has 0 unspecified atom stereocenters. The highest BCUT2D eigenvalue weighted by atomic mass is 79.9. The quantitative estimate of drug-likeness (QED) is 0.825. The largest absolute Gasteiger partial charge is 0.384 e. The number of rotatable bonds is 2. The molecule has 1 nitrogen and oxygen atoms in total. The molecule has 0 spiro atoms. The predicted molar refractivity (Wildman–Crippen MR) is 53.3 cm³/mol. The van der Waals surface area contributed by atoms with Gasteiger partial charge in [-0.25, -0.2) is 0 Å². The van der Waals surface area contributed by atoms with Crippen LogP contribution in [-0.2, 0) is 0 Å². The third-order valence-corrected chi connectivity index (χ3v) is 2.72. The molecule has 0 aromatic heterocycles. The maximum Gasteiger partial charge on any atom is 0.0593 e. The van der Waals surface area contributed by atoms with Crippen LogP contribution in [0.1, 0.15) is 6.92 Å². The van der Waals surface area contributed by atoms with Crippen molar-refractivity contribution in [3.63, 3.8) is 0 Å². The van der Waals surface area contributed by atoms with E-state index in [2.05, 4.69) is 21.2 Å². The smallest absolute Gasteiger partial charge is 0.0593 e. The summed E-state index contributed by atoms with van der Waals surface area (Å²) in [5, 5.41) is 3.92. The van der Waals surface area contributed by atoms with E-state index in [1.807, 2.05) is 25.1 Å². The molecule has 3 heteroatoms. The first-order valence-corrected chi connectivity index (χ1v) is 4.60. The summed E-state index contributed by atoms with van der Waals surface area (Å²) in [5.41, 5.74) is 1.04. The van der Waals surface area contributed by atoms with Crippen LogP contribution in [0.3, 0.4) is 0 Å². The minimum Gasteiger partial charge on any atom is -0.384 e. The molecule has 0 saturated carbocycles. The molecule has 0 atom stereocenters. The highest BCUT2D eigenvalue weighted by Gasteiger charge is 2.00. The first-order valence-electron chi connectivity index (χ1n) is 3.43. The zero-order valence-electron chi connectivity index (χ0n) is 6.20. The molecule has 0 radical (unpaired) electrons. The van der Waals surface area contributed by atoms with Crippen LogP contribution in [0.2, 0.25) is 5.02 Å². The highest BCUT2D eigenvalue weighted by molar-refractivity contribution is 9.10. The first-order chi connectivity index (χ1) is 5.25. The van der Waals surface area contributed by atoms with Gasteiger partial charge in [0.05, 0.1) is 9.50 Å². The van der Waals surface area contributed by atoms with Crippen molar-refractivity contribution in [2.24, 2.45) is 0 Å². The Labute approximate surface area is 79.9 Å². The first kappa shape index (κ1) is 8.88. The topological polar surface area (TPSA) is 12.0 Å². The van der Waals surface area contributed by atoms with Crippen LogP contribution in [0.4, 0.5) is 5.69 Å². The van der Waals surface area contributed by atoms with E-state index in [1.54, 1.807) is 0 Å². The molecule has 1 N–H and O–H groups in total. The van der Waals surface area contributed by atoms with Crippen molar-refractivity contribution in [2.75, 3.05) is 11.9 Å². The molecule has 60 valence electrons. The fourth-order valence-electron chi connectivity index (χ4n) is 0.831. The monoisotopic (exact) mass is 233 g/mol. The van der Waals surface area contributed by atoms with Gasteiger partial charge in [0.25, 0.3) is 0 Å². The molecule has 1 aromatic rings. The fraction of sp³-hybridized carbons (Fsp3) is 0.250. The lowest BCUT2D eigenvalue weighted by molar-refractivity contribution is 1.21. The van der Waals surface area contributed by atoms with Gasteiger partial charge in [0.15, 0.2) is 0 Å². The van der Waals surface area contributed by atoms with Gasteiger partial charge in [-0.15, -0.1) is 0 Å². The molecule has 0 fully saturated rings. The van der Waals surface area contributed by atoms with Crippen molar-refractivity contribution in [1.82, 2.24) is 0 Å². The Bertz CT molecular complexity index is 250. The zero-order chi connectivity index (χ0) is 8.27. The minimum atomic E-state index is 0.739. The fourth-order valence-corrected chi connectivity index (χ4v) is 1.41. The van der Waals surface area contributed by atoms with E-state index >= 15 is 0 Å². The Balaban J connectivity index is 2.96. The molecule has 0 saturated heterocycles. The summed E-state index contributed by atoms with van der Waals surface area (Å²) in [6.45, 7) is 2.95. The van der Waals surface area contributed by atoms with Crippen LogP contribution in [-0.4, -0.2) is 6.54 Å². The number of benzene rings is 1. The standard InChI is InChI=1S/C8H9BrClN/c1-2-11-7-5-3-4-6(10)8(7)9/h3-5,11H,2H2,1H3. The lowest BCUT2D eigenvalue weighted by Gasteiger charge is -2.05. The Hall–Kier alpha value is -0.210. The van der Waals surface area contributed by atoms with Gasteiger partial charge in [0, 0.05) is 12.2 Å². The maximum absolute atomic E-state index is 5.86. The van der Waals surface area contributed by atoms with E-state index in [9.17, 15) is 0 Å². The second-order valence-corrected chi connectivity index (χ2v) is 3.33. The number of hydrogen-bond donors (Lipinski definition) is 1. The summed E-state index contributed by atoms with van der Waals surface area (Å²) in [5.74, 6) is 0. The molecule has 0 aliphatic carbocycles. The molecule has 11 heavy (non-hydrogen) atoms. The number of halogens is 2. The number of hydrogen-bond acceptors (Lipinski definition) is 1. The molecule has 1 aromatic carbocycles. The second-order valence-electron chi connectivity index (χ2n) is 2.13. The van der Waals surface area contributed by atoms with Crippen LogP contribution in [0.5, 0.6) is 0 Å². The minimum absolute atomic E-state index is 0.739. The van der Waals surface area contributed by atoms with Gasteiger partial charge in [0.2, 0.25) is 0 Å². The Morgan fingerprint density at radius 1 is 1.55 bits per heavy atom. The van der Waals surface area contributed by atoms with Crippen molar-refractivity contribution < 1.29 is 0 Å². The van der Waals surface area contributed by atoms with E-state index in [1.165, 1.54) is 0 Å². The van der Waals surface area contributed by atoms with Crippen LogP contribution in [0.15, 0.2) is 22.7 Å². The van der Waals surface area contributed by atoms with Gasteiger partial charge < -0.3 is 5.32 Å². The van der Waals surface area contributed by atoms with Crippen LogP contribution >= 0.6 is 27.5 Å². The van der Waals surface area contributed by atoms with Crippen molar-refractivity contribution in [3.05, 3.63) is 27.7 Å². The lowest BCUT2D eigenvalue weighted by Crippen LogP contribution is -1.96. The molecule has 0 aliphatic rings. The van der Waals surface area contributed by atoms with E-state index in [-0.39, 0.29) is 0 Å². The molecular formula is C8H9BrClN. The third kappa shape index (κ3) is 2.11. The Morgan fingerprint density at radius 3 is 2.91 bits per heavy atom. The number of anilines is 1. The van der Waals surface area contributed by atoms with Crippen LogP contribution in [0, 0.1) is 0 Å². The summed E-state index contributed by atoms with van der Waals surface area (Å²) in [7, 11) is 0. The van der Waals surface area contributed by atoms with Crippen molar-refractivity contribution >= 4 is 33.2 Å². The van der Waals surface area contributed by atoms with Gasteiger partial charge in [-0.1, -0.05) is 17.7 Å². The second kappa shape index (κ2) is 3.98. The maximum atomic E-state index is 5.86. The van der Waals surface area contributed by atoms with Gasteiger partial charge in [-0.05, 0) is 35.0 Å². The molecule has 1 rings (SSSR count). The normalized spacial score (nSPS) is 9.73. The summed E-state index contributed by atoms with van der Waals surface area (Å²) in [6, 6.07) is 5.76. The summed E-state index contributed by atoms with van der Waals surface area (Å²) >= 11 is 9.25. The van der Waals surface area contributed by atoms with Gasteiger partial charge in [0.1, 0.15) is 0 Å². The molecule has 0 aliphatic heterocycles. The van der Waals surface area contributed by atoms with Gasteiger partial charge in [-0.3, -0.25) is 0 Å². The zero-order valence-corrected chi connectivity index (χ0v) is 8.54. The van der Waals surface area contributed by atoms with Crippen molar-refractivity contribution in [2.45, 2.75) is 6.92 Å². The van der Waals surface area contributed by atoms with Crippen molar-refractivity contribution in [1.29, 1.82) is 0 Å². The molecular weight excluding hydrogens is 225 g/mol. The van der Waals surface area contributed by atoms with E-state index in [0.717, 1.165) is 21.7 Å². The molecule has 0 amide bonds. The van der Waals surface area contributed by atoms with E-state index < -0.39 is 0 Å². The average molecular weight is 235 g/mol. The Morgan fingerprint density at radius 2 is 2.27 bits per heavy atom. The van der Waals surface area contributed by atoms with E-state index in [0.29, 0.717) is 0 Å². The average Bonchev–Trinajstić information content (AvgIpc) is 1.99. The lowest BCUT2D eigenvalue weighted by atomic mass is 10.3. The van der Waals surface area contributed by atoms with Gasteiger partial charge >= 0.3 is 0 Å². The van der Waals surface area contributed by atoms with Crippen LogP contribution < -0.4 is 5.32 Å². The summed E-state index contributed by atoms with van der Waals surface area (Å²) in [4.78, 5) is 0. The molecule has 0 heterocycles. The van der Waals surface area contributed by atoms with Gasteiger partial charge in [-0.2, -0.15) is 0 Å². The van der Waals surface area contributed by atoms with Crippen LogP contribution in [0.25, 0.3) is 0 Å². The van der Waals surface area contributed by atoms with E-state index in [4.69, 9.17) is 11.6 Å². The predicted octanol–water partition coefficient (Wildman–Crippen LogP) is 3.53. The summed E-state index contributed by atoms with van der Waals surface area (Å²) < 4.78 is 0.934. The number of nitrogens with one attached hydrogen (secondary N) is 1. The summed E-state index contributed by atoms with van der Waals surface area (Å²) in [6.07, 6.45) is 0. The SMILES string of the molecule is CCNc1cccc(Cl)c1Br. The Kier molecular flexibility index (Phi) is 3.21. The highest BCUT2D eigenvalue weighted by Crippen LogP contribution is 2.29. The third-order valence-electron chi connectivity index (χ3n) is 1.32.